The number of methoxy groups -OCH3 is 1. The van der Waals surface area contributed by atoms with Crippen molar-refractivity contribution in [2.45, 2.75) is 25.6 Å². The summed E-state index contributed by atoms with van der Waals surface area (Å²) in [6, 6.07) is 8.12. The summed E-state index contributed by atoms with van der Waals surface area (Å²) in [7, 11) is 1.69. The molecular weight excluding hydrogens is 200 g/mol. The van der Waals surface area contributed by atoms with Crippen molar-refractivity contribution in [1.29, 1.82) is 0 Å². The first kappa shape index (κ1) is 11.3. The van der Waals surface area contributed by atoms with E-state index in [1.54, 1.807) is 7.11 Å². The van der Waals surface area contributed by atoms with E-state index >= 15 is 0 Å². The molecule has 2 rings (SSSR count). The lowest BCUT2D eigenvalue weighted by molar-refractivity contribution is -0.160. The maximum atomic E-state index is 5.75. The van der Waals surface area contributed by atoms with E-state index < -0.39 is 5.79 Å². The van der Waals surface area contributed by atoms with Gasteiger partial charge in [0.2, 0.25) is 5.79 Å². The van der Waals surface area contributed by atoms with Crippen molar-refractivity contribution in [3.63, 3.8) is 0 Å². The predicted molar refractivity (Wildman–Crippen MR) is 58.1 cm³/mol. The molecule has 0 amide bonds. The molecule has 3 heteroatoms. The number of fused-ring (bicyclic) bond motifs is 1. The maximum Gasteiger partial charge on any atom is 0.207 e. The number of aryl methyl sites for hydroxylation is 1. The molecule has 0 radical (unpaired) electrons. The summed E-state index contributed by atoms with van der Waals surface area (Å²) in [6.45, 7) is 1.98. The zero-order valence-corrected chi connectivity index (χ0v) is 9.26. The smallest absolute Gasteiger partial charge is 0.207 e. The Balaban J connectivity index is 0.000000980. The lowest BCUT2D eigenvalue weighted by Gasteiger charge is -2.34. The molecule has 1 aliphatic rings. The van der Waals surface area contributed by atoms with Crippen molar-refractivity contribution in [2.24, 2.45) is 0 Å². The first-order valence-electron chi connectivity index (χ1n) is 4.56. The number of halogens is 1. The van der Waals surface area contributed by atoms with Crippen molar-refractivity contribution in [2.75, 3.05) is 7.11 Å². The Hall–Kier alpha value is -0.730. The highest BCUT2D eigenvalue weighted by molar-refractivity contribution is 5.85. The lowest BCUT2D eigenvalue weighted by Crippen LogP contribution is -2.38. The Labute approximate surface area is 90.6 Å². The summed E-state index contributed by atoms with van der Waals surface area (Å²) in [4.78, 5) is 0. The van der Waals surface area contributed by atoms with Crippen LogP contribution >= 0.6 is 12.4 Å². The molecule has 1 aliphatic heterocycles. The van der Waals surface area contributed by atoms with Crippen LogP contribution in [-0.2, 0) is 11.2 Å². The van der Waals surface area contributed by atoms with Gasteiger partial charge in [0.1, 0.15) is 5.75 Å². The third-order valence-corrected chi connectivity index (χ3v) is 2.58. The van der Waals surface area contributed by atoms with E-state index in [1.165, 1.54) is 5.56 Å². The average Bonchev–Trinajstić information content (AvgIpc) is 2.18. The molecule has 0 fully saturated rings. The van der Waals surface area contributed by atoms with Crippen LogP contribution in [0.15, 0.2) is 24.3 Å². The molecule has 0 aromatic heterocycles. The third kappa shape index (κ3) is 2.02. The van der Waals surface area contributed by atoms with Crippen molar-refractivity contribution in [3.8, 4) is 5.75 Å². The topological polar surface area (TPSA) is 18.5 Å². The van der Waals surface area contributed by atoms with Crippen LogP contribution in [0, 0.1) is 0 Å². The van der Waals surface area contributed by atoms with Gasteiger partial charge in [-0.3, -0.25) is 0 Å². The van der Waals surface area contributed by atoms with Gasteiger partial charge in [-0.15, -0.1) is 12.4 Å². The summed E-state index contributed by atoms with van der Waals surface area (Å²) in [6.07, 6.45) is 1.95. The zero-order chi connectivity index (χ0) is 9.31. The second-order valence-electron chi connectivity index (χ2n) is 3.55. The zero-order valence-electron chi connectivity index (χ0n) is 8.45. The molecule has 1 aromatic carbocycles. The summed E-state index contributed by atoms with van der Waals surface area (Å²) < 4.78 is 11.1. The monoisotopic (exact) mass is 214 g/mol. The Morgan fingerprint density at radius 2 is 2.07 bits per heavy atom. The van der Waals surface area contributed by atoms with Crippen LogP contribution in [0.1, 0.15) is 18.9 Å². The number of hydrogen-bond acceptors (Lipinski definition) is 2. The van der Waals surface area contributed by atoms with Gasteiger partial charge in [-0.1, -0.05) is 18.2 Å². The van der Waals surface area contributed by atoms with Crippen LogP contribution in [0.25, 0.3) is 0 Å². The van der Waals surface area contributed by atoms with Crippen LogP contribution in [0.4, 0.5) is 0 Å². The van der Waals surface area contributed by atoms with Gasteiger partial charge in [0.25, 0.3) is 0 Å². The van der Waals surface area contributed by atoms with E-state index in [-0.39, 0.29) is 12.4 Å². The van der Waals surface area contributed by atoms with Gasteiger partial charge in [0.15, 0.2) is 0 Å². The molecular formula is C11H15ClO2. The molecule has 1 heterocycles. The van der Waals surface area contributed by atoms with Crippen LogP contribution in [0.5, 0.6) is 5.75 Å². The molecule has 0 N–H and O–H groups in total. The van der Waals surface area contributed by atoms with Gasteiger partial charge in [-0.2, -0.15) is 0 Å². The van der Waals surface area contributed by atoms with E-state index in [9.17, 15) is 0 Å². The van der Waals surface area contributed by atoms with Gasteiger partial charge in [-0.25, -0.2) is 0 Å². The second-order valence-corrected chi connectivity index (χ2v) is 3.55. The minimum absolute atomic E-state index is 0. The second kappa shape index (κ2) is 4.20. The number of ether oxygens (including phenoxy) is 2. The third-order valence-electron chi connectivity index (χ3n) is 2.58. The van der Waals surface area contributed by atoms with Gasteiger partial charge < -0.3 is 9.47 Å². The molecule has 1 aromatic rings. The average molecular weight is 215 g/mol. The fraction of sp³-hybridized carbons (Fsp3) is 0.455. The molecule has 1 unspecified atom stereocenters. The van der Waals surface area contributed by atoms with E-state index in [2.05, 4.69) is 6.07 Å². The quantitative estimate of drug-likeness (QED) is 0.716. The largest absolute Gasteiger partial charge is 0.462 e. The van der Waals surface area contributed by atoms with Gasteiger partial charge in [0, 0.05) is 20.5 Å². The van der Waals surface area contributed by atoms with Gasteiger partial charge in [0.05, 0.1) is 0 Å². The molecule has 2 nitrogen and oxygen atoms in total. The molecule has 78 valence electrons. The molecule has 0 spiro atoms. The fourth-order valence-corrected chi connectivity index (χ4v) is 1.60. The summed E-state index contributed by atoms with van der Waals surface area (Å²) in [5.41, 5.74) is 1.28. The Morgan fingerprint density at radius 1 is 1.36 bits per heavy atom. The first-order valence-corrected chi connectivity index (χ1v) is 4.56. The van der Waals surface area contributed by atoms with Crippen molar-refractivity contribution >= 4 is 12.4 Å². The fourth-order valence-electron chi connectivity index (χ4n) is 1.60. The summed E-state index contributed by atoms with van der Waals surface area (Å²) >= 11 is 0. The first-order chi connectivity index (χ1) is 6.23. The Bertz CT molecular complexity index is 314. The van der Waals surface area contributed by atoms with Crippen LogP contribution in [0.3, 0.4) is 0 Å². The molecule has 0 saturated carbocycles. The van der Waals surface area contributed by atoms with Crippen LogP contribution in [-0.4, -0.2) is 12.9 Å². The van der Waals surface area contributed by atoms with E-state index in [0.717, 1.165) is 18.6 Å². The van der Waals surface area contributed by atoms with Gasteiger partial charge in [-0.05, 0) is 18.1 Å². The highest BCUT2D eigenvalue weighted by atomic mass is 35.5. The van der Waals surface area contributed by atoms with E-state index in [0.29, 0.717) is 0 Å². The number of para-hydroxylation sites is 1. The minimum Gasteiger partial charge on any atom is -0.462 e. The predicted octanol–water partition coefficient (Wildman–Crippen LogP) is 2.80. The van der Waals surface area contributed by atoms with E-state index in [1.807, 2.05) is 25.1 Å². The SMILES string of the molecule is COC1(C)CCc2ccccc2O1.Cl. The van der Waals surface area contributed by atoms with Crippen molar-refractivity contribution in [3.05, 3.63) is 29.8 Å². The van der Waals surface area contributed by atoms with Crippen LogP contribution < -0.4 is 4.74 Å². The number of rotatable bonds is 1. The number of benzene rings is 1. The molecule has 14 heavy (non-hydrogen) atoms. The normalized spacial score (nSPS) is 24.4. The molecule has 0 aliphatic carbocycles. The number of hydrogen-bond donors (Lipinski definition) is 0. The molecule has 0 saturated heterocycles. The Kier molecular flexibility index (Phi) is 3.40. The Morgan fingerprint density at radius 3 is 2.79 bits per heavy atom. The van der Waals surface area contributed by atoms with Gasteiger partial charge >= 0.3 is 0 Å². The standard InChI is InChI=1S/C11H14O2.ClH/c1-11(12-2)8-7-9-5-3-4-6-10(9)13-11;/h3-6H,7-8H2,1-2H3;1H. The lowest BCUT2D eigenvalue weighted by atomic mass is 10.0. The summed E-state index contributed by atoms with van der Waals surface area (Å²) in [5, 5.41) is 0. The maximum absolute atomic E-state index is 5.75. The van der Waals surface area contributed by atoms with Crippen molar-refractivity contribution in [1.82, 2.24) is 0 Å². The van der Waals surface area contributed by atoms with E-state index in [4.69, 9.17) is 9.47 Å². The molecule has 0 bridgehead atoms. The van der Waals surface area contributed by atoms with Crippen molar-refractivity contribution < 1.29 is 9.47 Å². The van der Waals surface area contributed by atoms with Crippen LogP contribution in [0.2, 0.25) is 0 Å². The minimum atomic E-state index is -0.436. The summed E-state index contributed by atoms with van der Waals surface area (Å²) in [5.74, 6) is 0.520. The highest BCUT2D eigenvalue weighted by Gasteiger charge is 2.30. The highest BCUT2D eigenvalue weighted by Crippen LogP contribution is 2.32. The molecule has 1 atom stereocenters.